The topological polar surface area (TPSA) is 26.3 Å². The van der Waals surface area contributed by atoms with Gasteiger partial charge in [-0.25, -0.2) is 0 Å². The van der Waals surface area contributed by atoms with Crippen LogP contribution in [0, 0.1) is 0 Å². The number of hydrogen-bond donors (Lipinski definition) is 0. The highest BCUT2D eigenvalue weighted by Crippen LogP contribution is 2.37. The van der Waals surface area contributed by atoms with E-state index in [-0.39, 0.29) is 11.9 Å². The van der Waals surface area contributed by atoms with E-state index >= 15 is 0 Å². The highest BCUT2D eigenvalue weighted by Gasteiger charge is 2.21. The Balaban J connectivity index is 1.37. The summed E-state index contributed by atoms with van der Waals surface area (Å²) in [6.07, 6.45) is 1.72. The monoisotopic (exact) mass is 528 g/mol. The van der Waals surface area contributed by atoms with Gasteiger partial charge in [-0.2, -0.15) is 0 Å². The third kappa shape index (κ3) is 6.72. The van der Waals surface area contributed by atoms with Gasteiger partial charge in [0.25, 0.3) is 0 Å². The Morgan fingerprint density at radius 2 is 1.28 bits per heavy atom. The van der Waals surface area contributed by atoms with Crippen molar-refractivity contribution in [3.63, 3.8) is 0 Å². The van der Waals surface area contributed by atoms with Gasteiger partial charge >= 0.3 is 5.97 Å². The number of hydrogen-bond acceptors (Lipinski definition) is 2. The molecule has 3 heteroatoms. The lowest BCUT2D eigenvalue weighted by Crippen LogP contribution is -2.22. The summed E-state index contributed by atoms with van der Waals surface area (Å²) in [6.45, 7) is 2.37. The molecular weight excluding hydrogens is 495 g/mol. The molecule has 39 heavy (non-hydrogen) atoms. The maximum absolute atomic E-state index is 12.9. The van der Waals surface area contributed by atoms with E-state index in [1.54, 1.807) is 0 Å². The van der Waals surface area contributed by atoms with Crippen LogP contribution in [0.2, 0.25) is 0 Å². The SMILES string of the molecule is CC(C(=O)OCCCc1ccccc1)c1cccc(-c2ccccc2P(c2ccccc2)c2ccccc2)c1. The summed E-state index contributed by atoms with van der Waals surface area (Å²) < 4.78 is 5.67. The number of esters is 1. The Morgan fingerprint density at radius 1 is 0.692 bits per heavy atom. The zero-order valence-electron chi connectivity index (χ0n) is 22.2. The average Bonchev–Trinajstić information content (AvgIpc) is 3.01. The summed E-state index contributed by atoms with van der Waals surface area (Å²) in [6, 6.07) is 48.8. The van der Waals surface area contributed by atoms with Crippen molar-refractivity contribution in [3.05, 3.63) is 151 Å². The van der Waals surface area contributed by atoms with Crippen LogP contribution in [-0.2, 0) is 16.0 Å². The predicted octanol–water partition coefficient (Wildman–Crippen LogP) is 7.39. The molecule has 0 radical (unpaired) electrons. The molecule has 0 heterocycles. The Kier molecular flexibility index (Phi) is 8.99. The van der Waals surface area contributed by atoms with Crippen LogP contribution in [0.15, 0.2) is 140 Å². The van der Waals surface area contributed by atoms with E-state index < -0.39 is 7.92 Å². The van der Waals surface area contributed by atoms with Gasteiger partial charge in [0, 0.05) is 0 Å². The molecular formula is C36H33O2P. The Hall–Kier alpha value is -4.00. The first-order valence-electron chi connectivity index (χ1n) is 13.5. The molecule has 5 rings (SSSR count). The molecule has 1 unspecified atom stereocenters. The van der Waals surface area contributed by atoms with E-state index in [2.05, 4.69) is 109 Å². The Labute approximate surface area is 233 Å². The molecule has 0 aromatic heterocycles. The van der Waals surface area contributed by atoms with E-state index in [0.29, 0.717) is 6.61 Å². The molecule has 2 nitrogen and oxygen atoms in total. The molecule has 0 aliphatic heterocycles. The number of carbonyl (C=O) groups excluding carboxylic acids is 1. The molecule has 0 N–H and O–H groups in total. The van der Waals surface area contributed by atoms with Crippen molar-refractivity contribution in [2.24, 2.45) is 0 Å². The summed E-state index contributed by atoms with van der Waals surface area (Å²) in [4.78, 5) is 12.9. The van der Waals surface area contributed by atoms with Crippen LogP contribution in [0.1, 0.15) is 30.4 Å². The van der Waals surface area contributed by atoms with Crippen molar-refractivity contribution in [2.45, 2.75) is 25.7 Å². The van der Waals surface area contributed by atoms with Gasteiger partial charge in [-0.1, -0.05) is 140 Å². The van der Waals surface area contributed by atoms with Crippen LogP contribution in [0.4, 0.5) is 0 Å². The standard InChI is InChI=1S/C36H33O2P/c1-28(36(37)38-26-14-17-29-15-5-2-6-16-29)30-18-13-19-31(27-30)34-24-11-12-25-35(34)39(32-20-7-3-8-21-32)33-22-9-4-10-23-33/h2-13,15-16,18-25,27-28H,14,17,26H2,1H3. The van der Waals surface area contributed by atoms with Crippen molar-refractivity contribution in [1.82, 2.24) is 0 Å². The summed E-state index contributed by atoms with van der Waals surface area (Å²) >= 11 is 0. The maximum Gasteiger partial charge on any atom is 0.313 e. The van der Waals surface area contributed by atoms with Crippen molar-refractivity contribution < 1.29 is 9.53 Å². The normalized spacial score (nSPS) is 11.7. The molecule has 0 aliphatic carbocycles. The highest BCUT2D eigenvalue weighted by atomic mass is 31.1. The largest absolute Gasteiger partial charge is 0.465 e. The molecule has 5 aromatic carbocycles. The molecule has 0 saturated heterocycles. The molecule has 194 valence electrons. The van der Waals surface area contributed by atoms with E-state index in [0.717, 1.165) is 24.0 Å². The number of benzene rings is 5. The van der Waals surface area contributed by atoms with Crippen LogP contribution in [0.25, 0.3) is 11.1 Å². The molecule has 5 aromatic rings. The van der Waals surface area contributed by atoms with Crippen molar-refractivity contribution >= 4 is 29.8 Å². The zero-order chi connectivity index (χ0) is 26.9. The summed E-state index contributed by atoms with van der Waals surface area (Å²) in [5.74, 6) is -0.511. The van der Waals surface area contributed by atoms with Crippen LogP contribution in [-0.4, -0.2) is 12.6 Å². The minimum absolute atomic E-state index is 0.177. The fraction of sp³-hybridized carbons (Fsp3) is 0.139. The van der Waals surface area contributed by atoms with Gasteiger partial charge in [-0.15, -0.1) is 0 Å². The van der Waals surface area contributed by atoms with Gasteiger partial charge in [0.2, 0.25) is 0 Å². The minimum atomic E-state index is -0.749. The van der Waals surface area contributed by atoms with Crippen LogP contribution in [0.3, 0.4) is 0 Å². The summed E-state index contributed by atoms with van der Waals surface area (Å²) in [5.41, 5.74) is 4.55. The fourth-order valence-corrected chi connectivity index (χ4v) is 7.30. The van der Waals surface area contributed by atoms with Crippen molar-refractivity contribution in [3.8, 4) is 11.1 Å². The smallest absolute Gasteiger partial charge is 0.313 e. The van der Waals surface area contributed by atoms with Crippen LogP contribution >= 0.6 is 7.92 Å². The lowest BCUT2D eigenvalue weighted by molar-refractivity contribution is -0.145. The second-order valence-electron chi connectivity index (χ2n) is 9.63. The van der Waals surface area contributed by atoms with Gasteiger partial charge in [-0.3, -0.25) is 4.79 Å². The average molecular weight is 529 g/mol. The zero-order valence-corrected chi connectivity index (χ0v) is 23.1. The first-order chi connectivity index (χ1) is 19.2. The van der Waals surface area contributed by atoms with Gasteiger partial charge < -0.3 is 4.74 Å². The predicted molar refractivity (Wildman–Crippen MR) is 165 cm³/mol. The molecule has 0 fully saturated rings. The number of ether oxygens (including phenoxy) is 1. The molecule has 0 bridgehead atoms. The van der Waals surface area contributed by atoms with Gasteiger partial charge in [0.1, 0.15) is 0 Å². The second-order valence-corrected chi connectivity index (χ2v) is 11.8. The highest BCUT2D eigenvalue weighted by molar-refractivity contribution is 7.80. The van der Waals surface area contributed by atoms with Gasteiger partial charge in [-0.05, 0) is 65.9 Å². The van der Waals surface area contributed by atoms with Crippen molar-refractivity contribution in [1.29, 1.82) is 0 Å². The maximum atomic E-state index is 12.9. The van der Waals surface area contributed by atoms with Crippen LogP contribution < -0.4 is 15.9 Å². The van der Waals surface area contributed by atoms with E-state index in [4.69, 9.17) is 4.74 Å². The molecule has 0 spiro atoms. The lowest BCUT2D eigenvalue weighted by Gasteiger charge is -2.23. The minimum Gasteiger partial charge on any atom is -0.465 e. The van der Waals surface area contributed by atoms with E-state index in [9.17, 15) is 4.79 Å². The third-order valence-corrected chi connectivity index (χ3v) is 9.42. The second kappa shape index (κ2) is 13.2. The number of aryl methyl sites for hydroxylation is 1. The van der Waals surface area contributed by atoms with E-state index in [1.165, 1.54) is 27.0 Å². The first-order valence-corrected chi connectivity index (χ1v) is 14.8. The van der Waals surface area contributed by atoms with Crippen molar-refractivity contribution in [2.75, 3.05) is 6.61 Å². The molecule has 0 saturated carbocycles. The number of rotatable bonds is 10. The first kappa shape index (κ1) is 26.6. The van der Waals surface area contributed by atoms with Gasteiger partial charge in [0.15, 0.2) is 0 Å². The third-order valence-electron chi connectivity index (χ3n) is 6.92. The molecule has 0 aliphatic rings. The summed E-state index contributed by atoms with van der Waals surface area (Å²) in [5, 5.41) is 3.93. The molecule has 1 atom stereocenters. The molecule has 0 amide bonds. The quantitative estimate of drug-likeness (QED) is 0.107. The van der Waals surface area contributed by atoms with Gasteiger partial charge in [0.05, 0.1) is 12.5 Å². The van der Waals surface area contributed by atoms with E-state index in [1.807, 2.05) is 37.3 Å². The Bertz CT molecular complexity index is 1440. The lowest BCUT2D eigenvalue weighted by atomic mass is 9.96. The fourth-order valence-electron chi connectivity index (χ4n) is 4.82. The number of carbonyl (C=O) groups is 1. The Morgan fingerprint density at radius 3 is 1.95 bits per heavy atom. The summed E-state index contributed by atoms with van der Waals surface area (Å²) in [7, 11) is -0.749. The van der Waals surface area contributed by atoms with Crippen LogP contribution in [0.5, 0.6) is 0 Å².